The molecule has 0 radical (unpaired) electrons. The first-order valence-corrected chi connectivity index (χ1v) is 4.49. The smallest absolute Gasteiger partial charge is 0.0796 e. The van der Waals surface area contributed by atoms with Gasteiger partial charge in [0.25, 0.3) is 0 Å². The van der Waals surface area contributed by atoms with Crippen molar-refractivity contribution in [3.63, 3.8) is 0 Å². The maximum Gasteiger partial charge on any atom is 0.0796 e. The van der Waals surface area contributed by atoms with E-state index in [1.807, 2.05) is 38.1 Å². The van der Waals surface area contributed by atoms with Crippen LogP contribution in [0.15, 0.2) is 24.3 Å². The fourth-order valence-electron chi connectivity index (χ4n) is 1.08. The highest BCUT2D eigenvalue weighted by Crippen LogP contribution is 2.18. The second-order valence-corrected chi connectivity index (χ2v) is 3.09. The summed E-state index contributed by atoms with van der Waals surface area (Å²) >= 11 is 5.75. The summed E-state index contributed by atoms with van der Waals surface area (Å²) in [6, 6.07) is 7.74. The van der Waals surface area contributed by atoms with Crippen LogP contribution >= 0.6 is 11.6 Å². The minimum atomic E-state index is 0.160. The largest absolute Gasteiger partial charge is 0.374 e. The zero-order valence-electron chi connectivity index (χ0n) is 7.38. The second-order valence-electron chi connectivity index (χ2n) is 2.65. The summed E-state index contributed by atoms with van der Waals surface area (Å²) in [4.78, 5) is 0. The molecule has 1 atom stereocenters. The van der Waals surface area contributed by atoms with Crippen molar-refractivity contribution in [2.24, 2.45) is 0 Å². The van der Waals surface area contributed by atoms with Crippen molar-refractivity contribution in [1.82, 2.24) is 0 Å². The van der Waals surface area contributed by atoms with E-state index >= 15 is 0 Å². The lowest BCUT2D eigenvalue weighted by molar-refractivity contribution is 0.0764. The van der Waals surface area contributed by atoms with Gasteiger partial charge in [-0.3, -0.25) is 0 Å². The third kappa shape index (κ3) is 2.50. The molecular weight excluding hydrogens is 172 g/mol. The molecule has 0 heterocycles. The Balaban J connectivity index is 2.68. The molecule has 0 N–H and O–H groups in total. The van der Waals surface area contributed by atoms with Crippen LogP contribution in [-0.4, -0.2) is 6.61 Å². The van der Waals surface area contributed by atoms with E-state index in [0.29, 0.717) is 0 Å². The van der Waals surface area contributed by atoms with Crippen LogP contribution in [0.2, 0.25) is 5.02 Å². The van der Waals surface area contributed by atoms with Crippen LogP contribution in [0.5, 0.6) is 0 Å². The van der Waals surface area contributed by atoms with Crippen LogP contribution in [0.1, 0.15) is 25.5 Å². The molecule has 0 aliphatic rings. The van der Waals surface area contributed by atoms with Crippen LogP contribution in [0, 0.1) is 0 Å². The highest BCUT2D eigenvalue weighted by molar-refractivity contribution is 6.30. The molecule has 1 nitrogen and oxygen atoms in total. The molecular formula is C10H13ClO. The summed E-state index contributed by atoms with van der Waals surface area (Å²) in [6.07, 6.45) is 0.160. The van der Waals surface area contributed by atoms with Crippen molar-refractivity contribution in [2.75, 3.05) is 6.61 Å². The van der Waals surface area contributed by atoms with Crippen molar-refractivity contribution < 1.29 is 4.74 Å². The quantitative estimate of drug-likeness (QED) is 0.700. The monoisotopic (exact) mass is 184 g/mol. The summed E-state index contributed by atoms with van der Waals surface area (Å²) in [5.41, 5.74) is 1.17. The molecule has 0 aromatic heterocycles. The van der Waals surface area contributed by atoms with Gasteiger partial charge in [-0.05, 0) is 31.5 Å². The summed E-state index contributed by atoms with van der Waals surface area (Å²) in [5.74, 6) is 0. The lowest BCUT2D eigenvalue weighted by atomic mass is 10.1. The van der Waals surface area contributed by atoms with E-state index in [-0.39, 0.29) is 6.10 Å². The first-order valence-electron chi connectivity index (χ1n) is 4.11. The number of benzene rings is 1. The zero-order valence-corrected chi connectivity index (χ0v) is 8.14. The Kier molecular flexibility index (Phi) is 3.57. The van der Waals surface area contributed by atoms with E-state index < -0.39 is 0 Å². The normalized spacial score (nSPS) is 12.9. The van der Waals surface area contributed by atoms with Gasteiger partial charge in [-0.1, -0.05) is 23.7 Å². The molecule has 0 saturated carbocycles. The molecule has 12 heavy (non-hydrogen) atoms. The number of ether oxygens (including phenoxy) is 1. The highest BCUT2D eigenvalue weighted by atomic mass is 35.5. The van der Waals surface area contributed by atoms with Gasteiger partial charge in [0, 0.05) is 11.6 Å². The maximum atomic E-state index is 5.75. The van der Waals surface area contributed by atoms with E-state index in [2.05, 4.69) is 0 Å². The van der Waals surface area contributed by atoms with Gasteiger partial charge < -0.3 is 4.74 Å². The fourth-order valence-corrected chi connectivity index (χ4v) is 1.21. The second kappa shape index (κ2) is 4.48. The van der Waals surface area contributed by atoms with E-state index in [1.165, 1.54) is 5.56 Å². The molecule has 0 aliphatic carbocycles. The fraction of sp³-hybridized carbons (Fsp3) is 0.400. The van der Waals surface area contributed by atoms with Gasteiger partial charge in [0.15, 0.2) is 0 Å². The third-order valence-electron chi connectivity index (χ3n) is 1.76. The van der Waals surface area contributed by atoms with Crippen molar-refractivity contribution >= 4 is 11.6 Å². The molecule has 66 valence electrons. The van der Waals surface area contributed by atoms with Crippen molar-refractivity contribution in [1.29, 1.82) is 0 Å². The molecule has 0 fully saturated rings. The zero-order chi connectivity index (χ0) is 8.97. The van der Waals surface area contributed by atoms with Gasteiger partial charge in [-0.2, -0.15) is 0 Å². The lowest BCUT2D eigenvalue weighted by Crippen LogP contribution is -1.98. The molecule has 1 unspecified atom stereocenters. The first-order chi connectivity index (χ1) is 5.74. The Bertz CT molecular complexity index is 230. The highest BCUT2D eigenvalue weighted by Gasteiger charge is 2.02. The first kappa shape index (κ1) is 9.56. The van der Waals surface area contributed by atoms with Gasteiger partial charge in [0.05, 0.1) is 6.10 Å². The van der Waals surface area contributed by atoms with Gasteiger partial charge >= 0.3 is 0 Å². The van der Waals surface area contributed by atoms with E-state index in [1.54, 1.807) is 0 Å². The molecule has 1 aromatic carbocycles. The minimum Gasteiger partial charge on any atom is -0.374 e. The topological polar surface area (TPSA) is 9.23 Å². The molecule has 0 spiro atoms. The van der Waals surface area contributed by atoms with E-state index in [0.717, 1.165) is 11.6 Å². The SMILES string of the molecule is CCOC(C)c1ccc(Cl)cc1. The Labute approximate surface area is 78.3 Å². The van der Waals surface area contributed by atoms with Gasteiger partial charge in [-0.25, -0.2) is 0 Å². The summed E-state index contributed by atoms with van der Waals surface area (Å²) < 4.78 is 5.42. The molecule has 0 aliphatic heterocycles. The molecule has 0 bridgehead atoms. The summed E-state index contributed by atoms with van der Waals surface area (Å²) in [6.45, 7) is 4.77. The predicted molar refractivity (Wildman–Crippen MR) is 51.5 cm³/mol. The van der Waals surface area contributed by atoms with Gasteiger partial charge in [-0.15, -0.1) is 0 Å². The van der Waals surface area contributed by atoms with Crippen molar-refractivity contribution in [3.8, 4) is 0 Å². The average Bonchev–Trinajstić information content (AvgIpc) is 2.06. The average molecular weight is 185 g/mol. The Hall–Kier alpha value is -0.530. The standard InChI is InChI=1S/C10H13ClO/c1-3-12-8(2)9-4-6-10(11)7-5-9/h4-8H,3H2,1-2H3. The molecule has 0 amide bonds. The van der Waals surface area contributed by atoms with Crippen molar-refractivity contribution in [2.45, 2.75) is 20.0 Å². The van der Waals surface area contributed by atoms with Gasteiger partial charge in [0.1, 0.15) is 0 Å². The molecule has 0 saturated heterocycles. The lowest BCUT2D eigenvalue weighted by Gasteiger charge is -2.11. The summed E-state index contributed by atoms with van der Waals surface area (Å²) in [7, 11) is 0. The number of halogens is 1. The summed E-state index contributed by atoms with van der Waals surface area (Å²) in [5, 5.41) is 0.766. The Morgan fingerprint density at radius 3 is 2.42 bits per heavy atom. The molecule has 2 heteroatoms. The van der Waals surface area contributed by atoms with Crippen LogP contribution in [0.3, 0.4) is 0 Å². The van der Waals surface area contributed by atoms with Crippen molar-refractivity contribution in [3.05, 3.63) is 34.9 Å². The number of hydrogen-bond acceptors (Lipinski definition) is 1. The predicted octanol–water partition coefficient (Wildman–Crippen LogP) is 3.44. The van der Waals surface area contributed by atoms with Crippen LogP contribution in [0.25, 0.3) is 0 Å². The van der Waals surface area contributed by atoms with E-state index in [9.17, 15) is 0 Å². The third-order valence-corrected chi connectivity index (χ3v) is 2.01. The van der Waals surface area contributed by atoms with Gasteiger partial charge in [0.2, 0.25) is 0 Å². The van der Waals surface area contributed by atoms with Crippen LogP contribution in [-0.2, 0) is 4.74 Å². The number of rotatable bonds is 3. The molecule has 1 aromatic rings. The van der Waals surface area contributed by atoms with Crippen LogP contribution in [0.4, 0.5) is 0 Å². The Morgan fingerprint density at radius 2 is 1.92 bits per heavy atom. The molecule has 1 rings (SSSR count). The Morgan fingerprint density at radius 1 is 1.33 bits per heavy atom. The minimum absolute atomic E-state index is 0.160. The number of hydrogen-bond donors (Lipinski definition) is 0. The van der Waals surface area contributed by atoms with Crippen LogP contribution < -0.4 is 0 Å². The van der Waals surface area contributed by atoms with E-state index in [4.69, 9.17) is 16.3 Å². The maximum absolute atomic E-state index is 5.75.